The van der Waals surface area contributed by atoms with Crippen molar-refractivity contribution >= 4 is 16.9 Å². The molecule has 146 valence electrons. The molecule has 0 amide bonds. The first-order valence-corrected chi connectivity index (χ1v) is 9.55. The molecule has 1 aromatic carbocycles. The van der Waals surface area contributed by atoms with Crippen molar-refractivity contribution in [1.82, 2.24) is 0 Å². The van der Waals surface area contributed by atoms with Gasteiger partial charge >= 0.3 is 5.97 Å². The van der Waals surface area contributed by atoms with Gasteiger partial charge in [0.15, 0.2) is 12.4 Å². The number of carbonyl (C=O) groups is 1. The maximum Gasteiger partial charge on any atom is 0.344 e. The van der Waals surface area contributed by atoms with E-state index in [1.54, 1.807) is 24.3 Å². The van der Waals surface area contributed by atoms with Gasteiger partial charge in [0.1, 0.15) is 11.7 Å². The Balaban J connectivity index is 1.62. The number of hydrogen-bond donors (Lipinski definition) is 0. The third-order valence-corrected chi connectivity index (χ3v) is 4.94. The van der Waals surface area contributed by atoms with Crippen LogP contribution in [0.3, 0.4) is 0 Å². The van der Waals surface area contributed by atoms with Crippen LogP contribution in [0, 0.1) is 6.92 Å². The van der Waals surface area contributed by atoms with Gasteiger partial charge in [-0.25, -0.2) is 4.79 Å². The Bertz CT molecular complexity index is 1030. The summed E-state index contributed by atoms with van der Waals surface area (Å²) in [5.41, 5.74) is 1.05. The summed E-state index contributed by atoms with van der Waals surface area (Å²) in [5, 5.41) is 0.386. The highest BCUT2D eigenvalue weighted by Crippen LogP contribution is 2.31. The van der Waals surface area contributed by atoms with Crippen LogP contribution in [0.25, 0.3) is 22.5 Å². The van der Waals surface area contributed by atoms with Crippen LogP contribution in [-0.4, -0.2) is 18.7 Å². The van der Waals surface area contributed by atoms with E-state index in [9.17, 15) is 9.59 Å². The minimum absolute atomic E-state index is 0.0492. The Morgan fingerprint density at radius 3 is 2.75 bits per heavy atom. The Hall–Kier alpha value is -3.02. The molecule has 1 aliphatic carbocycles. The zero-order valence-electron chi connectivity index (χ0n) is 15.7. The van der Waals surface area contributed by atoms with Crippen LogP contribution < -0.4 is 10.2 Å². The van der Waals surface area contributed by atoms with Crippen LogP contribution in [0.4, 0.5) is 0 Å². The Labute approximate surface area is 162 Å². The van der Waals surface area contributed by atoms with Crippen LogP contribution in [0.1, 0.15) is 37.7 Å². The van der Waals surface area contributed by atoms with Gasteiger partial charge in [-0.2, -0.15) is 0 Å². The van der Waals surface area contributed by atoms with Crippen molar-refractivity contribution < 1.29 is 23.1 Å². The van der Waals surface area contributed by atoms with Gasteiger partial charge < -0.3 is 18.3 Å². The number of fused-ring (bicyclic) bond motifs is 1. The van der Waals surface area contributed by atoms with Crippen molar-refractivity contribution in [2.75, 3.05) is 6.61 Å². The van der Waals surface area contributed by atoms with E-state index in [0.717, 1.165) is 31.2 Å². The summed E-state index contributed by atoms with van der Waals surface area (Å²) >= 11 is 0. The molecule has 0 N–H and O–H groups in total. The molecule has 1 fully saturated rings. The number of ether oxygens (including phenoxy) is 2. The van der Waals surface area contributed by atoms with Crippen molar-refractivity contribution in [2.24, 2.45) is 0 Å². The summed E-state index contributed by atoms with van der Waals surface area (Å²) in [6, 6.07) is 8.66. The fourth-order valence-electron chi connectivity index (χ4n) is 3.52. The summed E-state index contributed by atoms with van der Waals surface area (Å²) in [5.74, 6) is -0.0117. The minimum Gasteiger partial charge on any atom is -0.474 e. The van der Waals surface area contributed by atoms with E-state index in [0.29, 0.717) is 16.7 Å². The zero-order valence-corrected chi connectivity index (χ0v) is 15.7. The second-order valence-electron chi connectivity index (χ2n) is 7.10. The number of hydrogen-bond acceptors (Lipinski definition) is 6. The molecule has 2 aromatic heterocycles. The molecule has 4 rings (SSSR count). The molecule has 0 saturated heterocycles. The molecule has 1 aliphatic rings. The first-order chi connectivity index (χ1) is 13.6. The van der Waals surface area contributed by atoms with E-state index in [1.165, 1.54) is 12.7 Å². The number of aryl methyl sites for hydroxylation is 1. The maximum absolute atomic E-state index is 13.0. The summed E-state index contributed by atoms with van der Waals surface area (Å²) in [6.07, 6.45) is 6.47. The van der Waals surface area contributed by atoms with Gasteiger partial charge in [0.05, 0.1) is 11.6 Å². The molecule has 0 bridgehead atoms. The molecule has 3 aromatic rings. The quantitative estimate of drug-likeness (QED) is 0.599. The number of furan rings is 1. The maximum atomic E-state index is 13.0. The standard InChI is InChI=1S/C22H22O6/c1-14-9-10-16-18(12-14)28-21(17-8-5-11-25-17)22(20(16)24)26-13-19(23)27-15-6-3-2-4-7-15/h5,8-12,15H,2-4,6-7,13H2,1H3. The molecule has 2 heterocycles. The summed E-state index contributed by atoms with van der Waals surface area (Å²) in [6.45, 7) is 1.56. The van der Waals surface area contributed by atoms with E-state index in [-0.39, 0.29) is 29.6 Å². The average Bonchev–Trinajstić information content (AvgIpc) is 3.22. The second-order valence-corrected chi connectivity index (χ2v) is 7.10. The smallest absolute Gasteiger partial charge is 0.344 e. The fourth-order valence-corrected chi connectivity index (χ4v) is 3.52. The lowest BCUT2D eigenvalue weighted by atomic mass is 9.98. The zero-order chi connectivity index (χ0) is 19.5. The predicted octanol–water partition coefficient (Wildman–Crippen LogP) is 4.62. The van der Waals surface area contributed by atoms with Gasteiger partial charge in [-0.15, -0.1) is 0 Å². The Morgan fingerprint density at radius 2 is 2.00 bits per heavy atom. The largest absolute Gasteiger partial charge is 0.474 e. The molecule has 6 heteroatoms. The SMILES string of the molecule is Cc1ccc2c(=O)c(OCC(=O)OC3CCCCC3)c(-c3ccco3)oc2c1. The van der Waals surface area contributed by atoms with Crippen LogP contribution >= 0.6 is 0 Å². The summed E-state index contributed by atoms with van der Waals surface area (Å²) in [7, 11) is 0. The van der Waals surface area contributed by atoms with E-state index in [2.05, 4.69) is 0 Å². The molecule has 0 atom stereocenters. The van der Waals surface area contributed by atoms with Crippen molar-refractivity contribution in [2.45, 2.75) is 45.1 Å². The molecular formula is C22H22O6. The lowest BCUT2D eigenvalue weighted by Gasteiger charge is -2.21. The third kappa shape index (κ3) is 3.81. The second kappa shape index (κ2) is 7.92. The van der Waals surface area contributed by atoms with Crippen LogP contribution in [0.15, 0.2) is 50.2 Å². The summed E-state index contributed by atoms with van der Waals surface area (Å²) < 4.78 is 22.4. The molecule has 0 radical (unpaired) electrons. The predicted molar refractivity (Wildman–Crippen MR) is 103 cm³/mol. The van der Waals surface area contributed by atoms with E-state index in [4.69, 9.17) is 18.3 Å². The topological polar surface area (TPSA) is 78.9 Å². The highest BCUT2D eigenvalue weighted by Gasteiger charge is 2.22. The molecule has 6 nitrogen and oxygen atoms in total. The highest BCUT2D eigenvalue weighted by molar-refractivity contribution is 5.82. The molecule has 0 aliphatic heterocycles. The number of benzene rings is 1. The molecule has 0 unspecified atom stereocenters. The van der Waals surface area contributed by atoms with Gasteiger partial charge in [-0.3, -0.25) is 4.79 Å². The molecule has 28 heavy (non-hydrogen) atoms. The highest BCUT2D eigenvalue weighted by atomic mass is 16.6. The van der Waals surface area contributed by atoms with Gasteiger partial charge in [0, 0.05) is 0 Å². The summed E-state index contributed by atoms with van der Waals surface area (Å²) in [4.78, 5) is 25.2. The molecule has 1 saturated carbocycles. The van der Waals surface area contributed by atoms with Crippen LogP contribution in [0.2, 0.25) is 0 Å². The molecule has 0 spiro atoms. The first kappa shape index (κ1) is 18.3. The van der Waals surface area contributed by atoms with Gasteiger partial charge in [-0.1, -0.05) is 12.5 Å². The van der Waals surface area contributed by atoms with Crippen LogP contribution in [-0.2, 0) is 9.53 Å². The monoisotopic (exact) mass is 382 g/mol. The van der Waals surface area contributed by atoms with Crippen molar-refractivity contribution in [3.8, 4) is 17.3 Å². The molecular weight excluding hydrogens is 360 g/mol. The van der Waals surface area contributed by atoms with Gasteiger partial charge in [0.2, 0.25) is 16.9 Å². The lowest BCUT2D eigenvalue weighted by molar-refractivity contribution is -0.152. The van der Waals surface area contributed by atoms with Crippen molar-refractivity contribution in [1.29, 1.82) is 0 Å². The van der Waals surface area contributed by atoms with Gasteiger partial charge in [0.25, 0.3) is 0 Å². The normalized spacial score (nSPS) is 14.9. The van der Waals surface area contributed by atoms with Crippen LogP contribution in [0.5, 0.6) is 5.75 Å². The van der Waals surface area contributed by atoms with E-state index in [1.807, 2.05) is 13.0 Å². The van der Waals surface area contributed by atoms with E-state index >= 15 is 0 Å². The Kier molecular flexibility index (Phi) is 5.19. The van der Waals surface area contributed by atoms with E-state index < -0.39 is 5.97 Å². The number of carbonyl (C=O) groups excluding carboxylic acids is 1. The van der Waals surface area contributed by atoms with Gasteiger partial charge in [-0.05, 0) is 62.4 Å². The number of esters is 1. The number of rotatable bonds is 5. The average molecular weight is 382 g/mol. The third-order valence-electron chi connectivity index (χ3n) is 4.94. The first-order valence-electron chi connectivity index (χ1n) is 9.55. The Morgan fingerprint density at radius 1 is 1.18 bits per heavy atom. The fraction of sp³-hybridized carbons (Fsp3) is 0.364. The van der Waals surface area contributed by atoms with Crippen molar-refractivity contribution in [3.63, 3.8) is 0 Å². The lowest BCUT2D eigenvalue weighted by Crippen LogP contribution is -2.25. The van der Waals surface area contributed by atoms with Crippen molar-refractivity contribution in [3.05, 3.63) is 52.4 Å². The minimum atomic E-state index is -0.485.